The number of amides is 1. The number of carbonyl (C=O) groups excluding carboxylic acids is 2. The fraction of sp³-hybridized carbons (Fsp3) is 0.545. The topological polar surface area (TPSA) is 87.6 Å². The average Bonchev–Trinajstić information content (AvgIpc) is 3.28. The van der Waals surface area contributed by atoms with E-state index in [1.165, 1.54) is 7.11 Å². The number of likely N-dealkylation sites (tertiary alicyclic amines) is 2. The van der Waals surface area contributed by atoms with Crippen molar-refractivity contribution < 1.29 is 18.7 Å². The second-order valence-electron chi connectivity index (χ2n) is 12.2. The number of alkyl halides is 1. The third-order valence-corrected chi connectivity index (χ3v) is 9.57. The molecule has 2 fully saturated rings. The Morgan fingerprint density at radius 3 is 2.45 bits per heavy atom. The van der Waals surface area contributed by atoms with Gasteiger partial charge in [-0.1, -0.05) is 18.2 Å². The summed E-state index contributed by atoms with van der Waals surface area (Å²) >= 11 is 0. The Bertz CT molecular complexity index is 1530. The molecule has 2 saturated heterocycles. The number of fused-ring (bicyclic) bond motifs is 1. The molecule has 1 N–H and O–H groups in total. The molecule has 2 aromatic heterocycles. The molecule has 1 amide bonds. The van der Waals surface area contributed by atoms with Gasteiger partial charge in [0.2, 0.25) is 0 Å². The van der Waals surface area contributed by atoms with Crippen molar-refractivity contribution in [3.05, 3.63) is 63.2 Å². The number of nitrogens with zero attached hydrogens (tertiary/aromatic N) is 3. The minimum absolute atomic E-state index is 0.0107. The van der Waals surface area contributed by atoms with Crippen LogP contribution in [0.1, 0.15) is 72.4 Å². The average molecular weight is 579 g/mol. The molecule has 0 spiro atoms. The standard InChI is InChI=1S/C33H43FN4O4/c1-21-20-29(42-5)26(31(40)35-21)10-11-28(39)30-23(3)38(27-9-7-6-8-25(27)30)22(2)24-12-16-37(17-13-24)32(41)33(34)14-18-36(4)19-15-33/h6-9,20,22,24H,10-19H2,1-5H3,(H,35,40)/t22-/m1/s1. The summed E-state index contributed by atoms with van der Waals surface area (Å²) in [5.74, 6) is 0.427. The van der Waals surface area contributed by atoms with E-state index in [2.05, 4.69) is 27.4 Å². The van der Waals surface area contributed by atoms with Crippen LogP contribution in [0, 0.1) is 19.8 Å². The van der Waals surface area contributed by atoms with Gasteiger partial charge in [0, 0.05) is 79.3 Å². The van der Waals surface area contributed by atoms with E-state index in [-0.39, 0.29) is 54.9 Å². The number of Topliss-reactive ketones (excluding diaryl/α,β-unsaturated/α-hetero) is 1. The summed E-state index contributed by atoms with van der Waals surface area (Å²) in [5.41, 5.74) is 1.81. The number of methoxy groups -OCH3 is 1. The van der Waals surface area contributed by atoms with E-state index in [4.69, 9.17) is 4.74 Å². The number of rotatable bonds is 8. The summed E-state index contributed by atoms with van der Waals surface area (Å²) in [6, 6.07) is 9.84. The second kappa shape index (κ2) is 12.0. The summed E-state index contributed by atoms with van der Waals surface area (Å²) in [4.78, 5) is 46.1. The number of carbonyl (C=O) groups is 2. The van der Waals surface area contributed by atoms with Crippen LogP contribution in [0.5, 0.6) is 5.75 Å². The number of hydrogen-bond acceptors (Lipinski definition) is 5. The van der Waals surface area contributed by atoms with E-state index >= 15 is 4.39 Å². The first-order valence-electron chi connectivity index (χ1n) is 15.1. The first kappa shape index (κ1) is 30.0. The monoisotopic (exact) mass is 578 g/mol. The van der Waals surface area contributed by atoms with Gasteiger partial charge >= 0.3 is 0 Å². The van der Waals surface area contributed by atoms with Crippen LogP contribution < -0.4 is 10.3 Å². The highest BCUT2D eigenvalue weighted by atomic mass is 19.1. The van der Waals surface area contributed by atoms with Crippen molar-refractivity contribution in [2.75, 3.05) is 40.3 Å². The molecule has 0 unspecified atom stereocenters. The highest BCUT2D eigenvalue weighted by molar-refractivity contribution is 6.09. The summed E-state index contributed by atoms with van der Waals surface area (Å²) in [6.45, 7) is 8.28. The first-order chi connectivity index (χ1) is 20.0. The molecule has 226 valence electrons. The number of aromatic amines is 1. The Morgan fingerprint density at radius 1 is 1.12 bits per heavy atom. The zero-order valence-electron chi connectivity index (χ0n) is 25.5. The van der Waals surface area contributed by atoms with Gasteiger partial charge in [-0.2, -0.15) is 0 Å². The lowest BCUT2D eigenvalue weighted by molar-refractivity contribution is -0.148. The van der Waals surface area contributed by atoms with Crippen molar-refractivity contribution in [2.45, 2.75) is 71.0 Å². The van der Waals surface area contributed by atoms with Gasteiger partial charge in [0.1, 0.15) is 5.75 Å². The molecule has 2 aliphatic heterocycles. The lowest BCUT2D eigenvalue weighted by Gasteiger charge is -2.41. The quantitative estimate of drug-likeness (QED) is 0.380. The van der Waals surface area contributed by atoms with Gasteiger partial charge in [0.25, 0.3) is 11.5 Å². The maximum atomic E-state index is 15.5. The van der Waals surface area contributed by atoms with Crippen LogP contribution in [-0.2, 0) is 11.2 Å². The Hall–Kier alpha value is -3.46. The molecule has 0 bridgehead atoms. The van der Waals surface area contributed by atoms with Gasteiger partial charge in [-0.25, -0.2) is 4.39 Å². The van der Waals surface area contributed by atoms with E-state index in [9.17, 15) is 14.4 Å². The first-order valence-corrected chi connectivity index (χ1v) is 15.1. The third-order valence-electron chi connectivity index (χ3n) is 9.57. The maximum Gasteiger partial charge on any atom is 0.260 e. The number of piperidine rings is 2. The zero-order chi connectivity index (χ0) is 30.2. The highest BCUT2D eigenvalue weighted by Crippen LogP contribution is 2.37. The van der Waals surface area contributed by atoms with E-state index in [0.717, 1.165) is 29.4 Å². The Labute approximate surface area is 246 Å². The molecule has 0 aliphatic carbocycles. The highest BCUT2D eigenvalue weighted by Gasteiger charge is 2.44. The summed E-state index contributed by atoms with van der Waals surface area (Å²) < 4.78 is 23.2. The molecule has 0 saturated carbocycles. The maximum absolute atomic E-state index is 15.5. The van der Waals surface area contributed by atoms with Crippen LogP contribution in [-0.4, -0.2) is 77.0 Å². The van der Waals surface area contributed by atoms with E-state index in [1.807, 2.05) is 32.2 Å². The minimum atomic E-state index is -1.75. The number of para-hydroxylation sites is 1. The Balaban J connectivity index is 1.33. The number of ketones is 1. The molecular formula is C33H43FN4O4. The number of halogens is 1. The number of aryl methyl sites for hydroxylation is 1. The zero-order valence-corrected chi connectivity index (χ0v) is 25.5. The third kappa shape index (κ3) is 5.63. The van der Waals surface area contributed by atoms with Crippen molar-refractivity contribution in [1.29, 1.82) is 0 Å². The van der Waals surface area contributed by atoms with Crippen LogP contribution in [0.25, 0.3) is 10.9 Å². The number of hydrogen-bond donors (Lipinski definition) is 1. The van der Waals surface area contributed by atoms with Gasteiger partial charge in [0.15, 0.2) is 11.5 Å². The Kier molecular flexibility index (Phi) is 8.60. The molecular weight excluding hydrogens is 535 g/mol. The van der Waals surface area contributed by atoms with Crippen LogP contribution in [0.3, 0.4) is 0 Å². The predicted octanol–water partition coefficient (Wildman–Crippen LogP) is 5.00. The molecule has 3 aromatic rings. The number of benzene rings is 1. The summed E-state index contributed by atoms with van der Waals surface area (Å²) in [7, 11) is 3.49. The number of pyridine rings is 1. The van der Waals surface area contributed by atoms with Gasteiger partial charge in [0.05, 0.1) is 12.7 Å². The second-order valence-corrected chi connectivity index (χ2v) is 12.2. The Morgan fingerprint density at radius 2 is 1.79 bits per heavy atom. The normalized spacial score (nSPS) is 18.8. The van der Waals surface area contributed by atoms with E-state index < -0.39 is 5.67 Å². The predicted molar refractivity (Wildman–Crippen MR) is 162 cm³/mol. The fourth-order valence-corrected chi connectivity index (χ4v) is 7.00. The fourth-order valence-electron chi connectivity index (χ4n) is 7.00. The van der Waals surface area contributed by atoms with Crippen LogP contribution in [0.2, 0.25) is 0 Å². The largest absolute Gasteiger partial charge is 0.496 e. The number of nitrogens with one attached hydrogen (secondary N) is 1. The molecule has 2 aliphatic rings. The molecule has 0 radical (unpaired) electrons. The van der Waals surface area contributed by atoms with Crippen molar-refractivity contribution in [3.63, 3.8) is 0 Å². The summed E-state index contributed by atoms with van der Waals surface area (Å²) in [6.07, 6.45) is 2.56. The van der Waals surface area contributed by atoms with E-state index in [1.54, 1.807) is 17.9 Å². The summed E-state index contributed by atoms with van der Waals surface area (Å²) in [5, 5.41) is 0.908. The van der Waals surface area contributed by atoms with Crippen molar-refractivity contribution in [1.82, 2.24) is 19.4 Å². The lowest BCUT2D eigenvalue weighted by atomic mass is 9.87. The van der Waals surface area contributed by atoms with Gasteiger partial charge in [-0.15, -0.1) is 0 Å². The van der Waals surface area contributed by atoms with E-state index in [0.29, 0.717) is 48.7 Å². The smallest absolute Gasteiger partial charge is 0.260 e. The molecule has 1 aromatic carbocycles. The number of H-pyrrole nitrogens is 1. The van der Waals surface area contributed by atoms with Crippen LogP contribution in [0.15, 0.2) is 35.1 Å². The molecule has 4 heterocycles. The molecule has 8 nitrogen and oxygen atoms in total. The van der Waals surface area contributed by atoms with Gasteiger partial charge < -0.3 is 24.1 Å². The van der Waals surface area contributed by atoms with Crippen LogP contribution >= 0.6 is 0 Å². The molecule has 5 rings (SSSR count). The lowest BCUT2D eigenvalue weighted by Crippen LogP contribution is -2.53. The van der Waals surface area contributed by atoms with Gasteiger partial charge in [-0.05, 0) is 65.1 Å². The number of aromatic nitrogens is 2. The van der Waals surface area contributed by atoms with Gasteiger partial charge in [-0.3, -0.25) is 14.4 Å². The van der Waals surface area contributed by atoms with Crippen LogP contribution in [0.4, 0.5) is 4.39 Å². The SMILES string of the molecule is COc1cc(C)[nH]c(=O)c1CCC(=O)c1c(C)n([C@H](C)C2CCN(C(=O)C3(F)CCN(C)CC3)CC2)c2ccccc12. The minimum Gasteiger partial charge on any atom is -0.496 e. The van der Waals surface area contributed by atoms with Crippen molar-refractivity contribution in [3.8, 4) is 5.75 Å². The number of ether oxygens (including phenoxy) is 1. The molecule has 9 heteroatoms. The molecule has 42 heavy (non-hydrogen) atoms. The molecule has 1 atom stereocenters. The van der Waals surface area contributed by atoms with Crippen molar-refractivity contribution >= 4 is 22.6 Å². The van der Waals surface area contributed by atoms with Crippen molar-refractivity contribution in [2.24, 2.45) is 5.92 Å².